The molecule has 2 fully saturated rings. The van der Waals surface area contributed by atoms with Gasteiger partial charge < -0.3 is 14.9 Å². The van der Waals surface area contributed by atoms with Crippen LogP contribution in [0.2, 0.25) is 0 Å². The predicted molar refractivity (Wildman–Crippen MR) is 89.9 cm³/mol. The summed E-state index contributed by atoms with van der Waals surface area (Å²) in [6, 6.07) is 2.08. The Labute approximate surface area is 138 Å². The fourth-order valence-corrected chi connectivity index (χ4v) is 5.52. The topological polar surface area (TPSA) is 49.7 Å². The third-order valence-corrected chi connectivity index (χ3v) is 6.71. The Bertz CT molecular complexity index is 661. The first-order valence-corrected chi connectivity index (χ1v) is 9.00. The lowest BCUT2D eigenvalue weighted by molar-refractivity contribution is -0.114. The van der Waals surface area contributed by atoms with Gasteiger partial charge in [0.05, 0.1) is 11.7 Å². The number of phenols is 2. The molecule has 2 aliphatic heterocycles. The highest BCUT2D eigenvalue weighted by molar-refractivity contribution is 5.57. The molecule has 1 saturated carbocycles. The first-order chi connectivity index (χ1) is 10.8. The molecule has 4 rings (SSSR count). The largest absolute Gasteiger partial charge is 0.504 e. The maximum Gasteiger partial charge on any atom is 0.161 e. The average Bonchev–Trinajstić information content (AvgIpc) is 2.78. The Morgan fingerprint density at radius 1 is 1.17 bits per heavy atom. The van der Waals surface area contributed by atoms with Gasteiger partial charge in [0.25, 0.3) is 0 Å². The third-order valence-electron chi connectivity index (χ3n) is 6.71. The Morgan fingerprint density at radius 3 is 2.61 bits per heavy atom. The van der Waals surface area contributed by atoms with Crippen LogP contribution in [0.5, 0.6) is 11.5 Å². The molecule has 1 aliphatic carbocycles. The van der Waals surface area contributed by atoms with E-state index in [1.54, 1.807) is 0 Å². The van der Waals surface area contributed by atoms with Gasteiger partial charge >= 0.3 is 0 Å². The van der Waals surface area contributed by atoms with Gasteiger partial charge in [-0.1, -0.05) is 34.1 Å². The number of ether oxygens (including phenoxy) is 1. The Balaban J connectivity index is 1.85. The van der Waals surface area contributed by atoms with E-state index in [1.165, 1.54) is 12.8 Å². The molecule has 3 atom stereocenters. The minimum absolute atomic E-state index is 0.0723. The molecule has 2 bridgehead atoms. The van der Waals surface area contributed by atoms with Gasteiger partial charge in [0.1, 0.15) is 0 Å². The zero-order valence-electron chi connectivity index (χ0n) is 14.6. The molecule has 1 saturated heterocycles. The summed E-state index contributed by atoms with van der Waals surface area (Å²) in [6.45, 7) is 8.82. The molecule has 0 aromatic heterocycles. The summed E-state index contributed by atoms with van der Waals surface area (Å²) in [6.07, 6.45) is 5.36. The molecule has 3 heteroatoms. The molecule has 1 aromatic carbocycles. The number of benzene rings is 1. The van der Waals surface area contributed by atoms with Crippen molar-refractivity contribution in [3.8, 4) is 11.5 Å². The van der Waals surface area contributed by atoms with Crippen molar-refractivity contribution in [1.29, 1.82) is 0 Å². The van der Waals surface area contributed by atoms with Crippen LogP contribution in [0.1, 0.15) is 82.1 Å². The Kier molecular flexibility index (Phi) is 3.10. The van der Waals surface area contributed by atoms with Crippen LogP contribution in [-0.4, -0.2) is 15.8 Å². The SMILES string of the molecule is CC(C)c1cc2c(c(O)c1O)C[C@]13CCCC(C)(C)[C@@H]1C[C@H]2O3. The first-order valence-electron chi connectivity index (χ1n) is 9.00. The maximum absolute atomic E-state index is 10.6. The molecule has 3 nitrogen and oxygen atoms in total. The van der Waals surface area contributed by atoms with Gasteiger partial charge in [-0.2, -0.15) is 0 Å². The highest BCUT2D eigenvalue weighted by atomic mass is 16.5. The monoisotopic (exact) mass is 316 g/mol. The van der Waals surface area contributed by atoms with Gasteiger partial charge in [0.2, 0.25) is 0 Å². The average molecular weight is 316 g/mol. The second-order valence-electron chi connectivity index (χ2n) is 8.86. The summed E-state index contributed by atoms with van der Waals surface area (Å²) in [7, 11) is 0. The van der Waals surface area contributed by atoms with E-state index in [2.05, 4.69) is 19.9 Å². The van der Waals surface area contributed by atoms with Crippen molar-refractivity contribution in [3.05, 3.63) is 22.8 Å². The van der Waals surface area contributed by atoms with E-state index >= 15 is 0 Å². The Morgan fingerprint density at radius 2 is 1.91 bits per heavy atom. The maximum atomic E-state index is 10.6. The van der Waals surface area contributed by atoms with E-state index in [0.29, 0.717) is 5.92 Å². The van der Waals surface area contributed by atoms with Gasteiger partial charge in [0.15, 0.2) is 11.5 Å². The van der Waals surface area contributed by atoms with Crippen molar-refractivity contribution in [2.24, 2.45) is 11.3 Å². The minimum atomic E-state index is -0.136. The van der Waals surface area contributed by atoms with Crippen LogP contribution >= 0.6 is 0 Å². The summed E-state index contributed by atoms with van der Waals surface area (Å²) in [5.41, 5.74) is 3.02. The van der Waals surface area contributed by atoms with E-state index in [0.717, 1.165) is 36.0 Å². The molecule has 23 heavy (non-hydrogen) atoms. The van der Waals surface area contributed by atoms with E-state index in [1.807, 2.05) is 13.8 Å². The van der Waals surface area contributed by atoms with Crippen LogP contribution < -0.4 is 0 Å². The minimum Gasteiger partial charge on any atom is -0.504 e. The van der Waals surface area contributed by atoms with Crippen molar-refractivity contribution in [3.63, 3.8) is 0 Å². The standard InChI is InChI=1S/C20H28O3/c1-11(2)12-8-13-14(18(22)17(12)21)10-20-7-5-6-19(3,4)16(20)9-15(13)23-20/h8,11,15-16,21-22H,5-7,9-10H2,1-4H3/t15-,16+,20-/m1/s1. The van der Waals surface area contributed by atoms with Gasteiger partial charge in [-0.3, -0.25) is 0 Å². The lowest BCUT2D eigenvalue weighted by Gasteiger charge is -2.48. The van der Waals surface area contributed by atoms with Gasteiger partial charge in [-0.25, -0.2) is 0 Å². The van der Waals surface area contributed by atoms with Crippen molar-refractivity contribution in [2.75, 3.05) is 0 Å². The Hall–Kier alpha value is -1.22. The smallest absolute Gasteiger partial charge is 0.161 e. The molecule has 2 heterocycles. The van der Waals surface area contributed by atoms with E-state index in [-0.39, 0.29) is 34.5 Å². The molecule has 1 aromatic rings. The van der Waals surface area contributed by atoms with Gasteiger partial charge in [-0.15, -0.1) is 0 Å². The first kappa shape index (κ1) is 15.3. The van der Waals surface area contributed by atoms with E-state index in [4.69, 9.17) is 4.74 Å². The van der Waals surface area contributed by atoms with Crippen LogP contribution in [0.15, 0.2) is 6.07 Å². The fourth-order valence-electron chi connectivity index (χ4n) is 5.52. The molecule has 0 radical (unpaired) electrons. The summed E-state index contributed by atoms with van der Waals surface area (Å²) in [5, 5.41) is 21.1. The van der Waals surface area contributed by atoms with E-state index in [9.17, 15) is 10.2 Å². The van der Waals surface area contributed by atoms with Gasteiger partial charge in [-0.05, 0) is 48.1 Å². The summed E-state index contributed by atoms with van der Waals surface area (Å²) < 4.78 is 6.59. The highest BCUT2D eigenvalue weighted by Crippen LogP contribution is 2.63. The molecule has 126 valence electrons. The number of fused-ring (bicyclic) bond motifs is 3. The normalized spacial score (nSPS) is 34.3. The van der Waals surface area contributed by atoms with Crippen LogP contribution in [0.4, 0.5) is 0 Å². The second kappa shape index (κ2) is 4.66. The zero-order chi connectivity index (χ0) is 16.6. The van der Waals surface area contributed by atoms with Crippen molar-refractivity contribution in [1.82, 2.24) is 0 Å². The van der Waals surface area contributed by atoms with Crippen molar-refractivity contribution in [2.45, 2.75) is 77.4 Å². The molecular weight excluding hydrogens is 288 g/mol. The number of rotatable bonds is 1. The van der Waals surface area contributed by atoms with Crippen molar-refractivity contribution >= 4 is 0 Å². The van der Waals surface area contributed by atoms with Crippen LogP contribution in [0.25, 0.3) is 0 Å². The van der Waals surface area contributed by atoms with Gasteiger partial charge in [0, 0.05) is 17.5 Å². The second-order valence-corrected chi connectivity index (χ2v) is 8.86. The fraction of sp³-hybridized carbons (Fsp3) is 0.700. The van der Waals surface area contributed by atoms with E-state index < -0.39 is 0 Å². The van der Waals surface area contributed by atoms with Crippen LogP contribution in [0, 0.1) is 11.3 Å². The number of hydrogen-bond donors (Lipinski definition) is 2. The molecule has 0 unspecified atom stereocenters. The predicted octanol–water partition coefficient (Wildman–Crippen LogP) is 4.80. The molecule has 3 aliphatic rings. The number of aromatic hydroxyl groups is 2. The zero-order valence-corrected chi connectivity index (χ0v) is 14.6. The molecular formula is C20H28O3. The summed E-state index contributed by atoms with van der Waals surface area (Å²) in [5.74, 6) is 0.887. The third kappa shape index (κ3) is 1.98. The lowest BCUT2D eigenvalue weighted by atomic mass is 9.60. The number of phenolic OH excluding ortho intramolecular Hbond substituents is 2. The summed E-state index contributed by atoms with van der Waals surface area (Å²) >= 11 is 0. The quantitative estimate of drug-likeness (QED) is 0.731. The van der Waals surface area contributed by atoms with Crippen LogP contribution in [0.3, 0.4) is 0 Å². The molecule has 2 N–H and O–H groups in total. The molecule has 0 amide bonds. The number of hydrogen-bond acceptors (Lipinski definition) is 3. The van der Waals surface area contributed by atoms with Crippen molar-refractivity contribution < 1.29 is 14.9 Å². The van der Waals surface area contributed by atoms with Crippen LogP contribution in [-0.2, 0) is 11.2 Å². The molecule has 1 spiro atoms. The highest BCUT2D eigenvalue weighted by Gasteiger charge is 2.59. The lowest BCUT2D eigenvalue weighted by Crippen LogP contribution is -2.48. The summed E-state index contributed by atoms with van der Waals surface area (Å²) in [4.78, 5) is 0.